The molecule has 0 aliphatic carbocycles. The SMILES string of the molecule is CN1CCN(NC(=O)CCN2C(=O)SC(=Cc3ccc(Cl)cc3)C2=O)CC1. The number of carbonyl (C=O) groups excluding carboxylic acids is 3. The van der Waals surface area contributed by atoms with Crippen LogP contribution in [0.5, 0.6) is 0 Å². The summed E-state index contributed by atoms with van der Waals surface area (Å²) in [7, 11) is 2.04. The smallest absolute Gasteiger partial charge is 0.293 e. The van der Waals surface area contributed by atoms with Gasteiger partial charge in [-0.05, 0) is 42.6 Å². The summed E-state index contributed by atoms with van der Waals surface area (Å²) in [5.41, 5.74) is 3.62. The lowest BCUT2D eigenvalue weighted by Crippen LogP contribution is -2.52. The Morgan fingerprint density at radius 2 is 1.85 bits per heavy atom. The Labute approximate surface area is 167 Å². The van der Waals surface area contributed by atoms with Gasteiger partial charge in [-0.2, -0.15) is 0 Å². The molecule has 3 amide bonds. The third kappa shape index (κ3) is 5.32. The lowest BCUT2D eigenvalue weighted by atomic mass is 10.2. The number of hydrogen-bond acceptors (Lipinski definition) is 6. The van der Waals surface area contributed by atoms with Crippen LogP contribution in [-0.2, 0) is 9.59 Å². The highest BCUT2D eigenvalue weighted by molar-refractivity contribution is 8.18. The fourth-order valence-electron chi connectivity index (χ4n) is 2.77. The summed E-state index contributed by atoms with van der Waals surface area (Å²) >= 11 is 6.74. The third-order valence-corrected chi connectivity index (χ3v) is 5.55. The second-order valence-electron chi connectivity index (χ2n) is 6.46. The Morgan fingerprint density at radius 1 is 1.19 bits per heavy atom. The first-order valence-corrected chi connectivity index (χ1v) is 9.86. The zero-order valence-electron chi connectivity index (χ0n) is 15.0. The standard InChI is InChI=1S/C18H21ClN4O3S/c1-21-8-10-22(11-9-21)20-16(24)6-7-23-17(25)15(27-18(23)26)12-13-2-4-14(19)5-3-13/h2-5,12H,6-11H2,1H3,(H,20,24). The number of rotatable bonds is 5. The highest BCUT2D eigenvalue weighted by Crippen LogP contribution is 2.32. The van der Waals surface area contributed by atoms with Gasteiger partial charge in [-0.3, -0.25) is 24.7 Å². The van der Waals surface area contributed by atoms with E-state index in [2.05, 4.69) is 10.3 Å². The Balaban J connectivity index is 1.53. The van der Waals surface area contributed by atoms with E-state index < -0.39 is 0 Å². The molecule has 2 aliphatic heterocycles. The number of nitrogens with one attached hydrogen (secondary N) is 1. The van der Waals surface area contributed by atoms with Crippen molar-refractivity contribution < 1.29 is 14.4 Å². The van der Waals surface area contributed by atoms with Crippen LogP contribution in [0.15, 0.2) is 29.2 Å². The molecule has 0 bridgehead atoms. The van der Waals surface area contributed by atoms with E-state index in [0.717, 1.165) is 48.4 Å². The minimum Gasteiger partial charge on any atom is -0.304 e. The van der Waals surface area contributed by atoms with Gasteiger partial charge in [-0.25, -0.2) is 5.01 Å². The Hall–Kier alpha value is -1.87. The van der Waals surface area contributed by atoms with Crippen LogP contribution in [-0.4, -0.2) is 71.6 Å². The number of piperazine rings is 1. The van der Waals surface area contributed by atoms with Gasteiger partial charge < -0.3 is 4.90 Å². The first-order chi connectivity index (χ1) is 12.9. The molecule has 0 atom stereocenters. The highest BCUT2D eigenvalue weighted by atomic mass is 35.5. The van der Waals surface area contributed by atoms with Gasteiger partial charge in [-0.1, -0.05) is 23.7 Å². The Morgan fingerprint density at radius 3 is 2.52 bits per heavy atom. The molecule has 0 saturated carbocycles. The number of benzene rings is 1. The zero-order valence-corrected chi connectivity index (χ0v) is 16.6. The molecule has 2 heterocycles. The number of hydrogen-bond donors (Lipinski definition) is 1. The van der Waals surface area contributed by atoms with Crippen LogP contribution in [0.1, 0.15) is 12.0 Å². The number of nitrogens with zero attached hydrogens (tertiary/aromatic N) is 3. The maximum Gasteiger partial charge on any atom is 0.293 e. The molecule has 2 fully saturated rings. The molecule has 1 N–H and O–H groups in total. The van der Waals surface area contributed by atoms with E-state index in [-0.39, 0.29) is 30.0 Å². The average Bonchev–Trinajstić information content (AvgIpc) is 2.90. The Kier molecular flexibility index (Phi) is 6.54. The highest BCUT2D eigenvalue weighted by Gasteiger charge is 2.35. The minimum absolute atomic E-state index is 0.0716. The summed E-state index contributed by atoms with van der Waals surface area (Å²) in [6.07, 6.45) is 1.74. The average molecular weight is 409 g/mol. The van der Waals surface area contributed by atoms with Crippen LogP contribution >= 0.6 is 23.4 Å². The number of amides is 3. The van der Waals surface area contributed by atoms with E-state index in [4.69, 9.17) is 11.6 Å². The van der Waals surface area contributed by atoms with Crippen LogP contribution in [0.25, 0.3) is 6.08 Å². The summed E-state index contributed by atoms with van der Waals surface area (Å²) in [5, 5.41) is 2.12. The van der Waals surface area contributed by atoms with Crippen molar-refractivity contribution >= 4 is 46.5 Å². The molecule has 144 valence electrons. The van der Waals surface area contributed by atoms with Gasteiger partial charge in [0.05, 0.1) is 4.91 Å². The fourth-order valence-corrected chi connectivity index (χ4v) is 3.76. The molecule has 27 heavy (non-hydrogen) atoms. The molecular formula is C18H21ClN4O3S. The summed E-state index contributed by atoms with van der Waals surface area (Å²) in [6, 6.07) is 7.00. The predicted octanol–water partition coefficient (Wildman–Crippen LogP) is 2.04. The minimum atomic E-state index is -0.368. The molecule has 7 nitrogen and oxygen atoms in total. The van der Waals surface area contributed by atoms with Crippen molar-refractivity contribution in [1.29, 1.82) is 0 Å². The van der Waals surface area contributed by atoms with Crippen molar-refractivity contribution in [2.45, 2.75) is 6.42 Å². The molecule has 1 aromatic rings. The molecule has 0 aromatic heterocycles. The molecule has 1 aromatic carbocycles. The Bertz CT molecular complexity index is 760. The zero-order chi connectivity index (χ0) is 19.4. The largest absolute Gasteiger partial charge is 0.304 e. The number of halogens is 1. The van der Waals surface area contributed by atoms with Crippen LogP contribution in [0, 0.1) is 0 Å². The third-order valence-electron chi connectivity index (χ3n) is 4.39. The lowest BCUT2D eigenvalue weighted by Gasteiger charge is -2.32. The summed E-state index contributed by atoms with van der Waals surface area (Å²) < 4.78 is 0. The molecule has 0 spiro atoms. The van der Waals surface area contributed by atoms with Gasteiger partial charge in [0.2, 0.25) is 5.91 Å². The quantitative estimate of drug-likeness (QED) is 0.752. The normalized spacial score (nSPS) is 20.5. The van der Waals surface area contributed by atoms with Crippen molar-refractivity contribution in [3.05, 3.63) is 39.8 Å². The van der Waals surface area contributed by atoms with Gasteiger partial charge in [0.15, 0.2) is 0 Å². The van der Waals surface area contributed by atoms with Crippen molar-refractivity contribution in [2.24, 2.45) is 0 Å². The molecule has 9 heteroatoms. The molecule has 0 radical (unpaired) electrons. The first-order valence-electron chi connectivity index (χ1n) is 8.66. The van der Waals surface area contributed by atoms with Crippen LogP contribution in [0.3, 0.4) is 0 Å². The van der Waals surface area contributed by atoms with E-state index in [1.165, 1.54) is 0 Å². The van der Waals surface area contributed by atoms with E-state index in [1.807, 2.05) is 12.1 Å². The van der Waals surface area contributed by atoms with E-state index >= 15 is 0 Å². The fraction of sp³-hybridized carbons (Fsp3) is 0.389. The van der Waals surface area contributed by atoms with Crippen LogP contribution in [0.2, 0.25) is 5.02 Å². The first kappa shape index (κ1) is 19.9. The van der Waals surface area contributed by atoms with Gasteiger partial charge in [0.25, 0.3) is 11.1 Å². The molecular weight excluding hydrogens is 388 g/mol. The second-order valence-corrected chi connectivity index (χ2v) is 7.89. The number of thioether (sulfide) groups is 1. The van der Waals surface area contributed by atoms with Crippen molar-refractivity contribution in [3.8, 4) is 0 Å². The van der Waals surface area contributed by atoms with Gasteiger partial charge in [-0.15, -0.1) is 0 Å². The van der Waals surface area contributed by atoms with E-state index in [1.54, 1.807) is 30.3 Å². The maximum absolute atomic E-state index is 12.5. The second kappa shape index (κ2) is 8.88. The number of imide groups is 1. The number of hydrazine groups is 1. The lowest BCUT2D eigenvalue weighted by molar-refractivity contribution is -0.127. The van der Waals surface area contributed by atoms with E-state index in [9.17, 15) is 14.4 Å². The van der Waals surface area contributed by atoms with E-state index in [0.29, 0.717) is 9.93 Å². The molecule has 3 rings (SSSR count). The van der Waals surface area contributed by atoms with Crippen LogP contribution < -0.4 is 5.43 Å². The molecule has 2 aliphatic rings. The summed E-state index contributed by atoms with van der Waals surface area (Å²) in [6.45, 7) is 3.36. The topological polar surface area (TPSA) is 73.0 Å². The van der Waals surface area contributed by atoms with Crippen LogP contribution in [0.4, 0.5) is 4.79 Å². The molecule has 0 unspecified atom stereocenters. The monoisotopic (exact) mass is 408 g/mol. The molecule has 2 saturated heterocycles. The van der Waals surface area contributed by atoms with Crippen molar-refractivity contribution in [3.63, 3.8) is 0 Å². The van der Waals surface area contributed by atoms with Crippen molar-refractivity contribution in [2.75, 3.05) is 39.8 Å². The van der Waals surface area contributed by atoms with Gasteiger partial charge in [0.1, 0.15) is 0 Å². The number of likely N-dealkylation sites (N-methyl/N-ethyl adjacent to an activating group) is 1. The van der Waals surface area contributed by atoms with Crippen molar-refractivity contribution in [1.82, 2.24) is 20.2 Å². The maximum atomic E-state index is 12.5. The van der Waals surface area contributed by atoms with Gasteiger partial charge >= 0.3 is 0 Å². The number of carbonyl (C=O) groups is 3. The van der Waals surface area contributed by atoms with Gasteiger partial charge in [0, 0.05) is 44.2 Å². The summed E-state index contributed by atoms with van der Waals surface area (Å²) in [4.78, 5) is 40.4. The summed E-state index contributed by atoms with van der Waals surface area (Å²) in [5.74, 6) is -0.562. The predicted molar refractivity (Wildman–Crippen MR) is 106 cm³/mol.